The van der Waals surface area contributed by atoms with Gasteiger partial charge in [-0.15, -0.1) is 0 Å². The summed E-state index contributed by atoms with van der Waals surface area (Å²) in [5, 5.41) is 13.4. The molecule has 0 aliphatic heterocycles. The van der Waals surface area contributed by atoms with Crippen molar-refractivity contribution in [2.75, 3.05) is 7.11 Å². The van der Waals surface area contributed by atoms with Crippen molar-refractivity contribution in [1.29, 1.82) is 0 Å². The first-order valence-corrected chi connectivity index (χ1v) is 7.50. The molecule has 116 valence electrons. The van der Waals surface area contributed by atoms with Gasteiger partial charge in [-0.25, -0.2) is 4.39 Å². The predicted molar refractivity (Wildman–Crippen MR) is 83.7 cm³/mol. The van der Waals surface area contributed by atoms with Gasteiger partial charge < -0.3 is 15.2 Å². The van der Waals surface area contributed by atoms with Gasteiger partial charge >= 0.3 is 0 Å². The Labute approximate surface area is 129 Å². The van der Waals surface area contributed by atoms with Crippen molar-refractivity contribution in [1.82, 2.24) is 5.32 Å². The van der Waals surface area contributed by atoms with Crippen LogP contribution in [0.25, 0.3) is 0 Å². The fourth-order valence-corrected chi connectivity index (χ4v) is 3.19. The number of fused-ring (bicyclic) bond motifs is 1. The summed E-state index contributed by atoms with van der Waals surface area (Å²) in [5.74, 6) is 0.600. The number of halogens is 1. The van der Waals surface area contributed by atoms with Crippen LogP contribution in [0, 0.1) is 5.82 Å². The first-order chi connectivity index (χ1) is 10.6. The molecule has 0 saturated heterocycles. The number of aromatic hydroxyl groups is 1. The van der Waals surface area contributed by atoms with Crippen LogP contribution in [0.15, 0.2) is 36.4 Å². The van der Waals surface area contributed by atoms with E-state index in [-0.39, 0.29) is 17.9 Å². The Morgan fingerprint density at radius 3 is 2.86 bits per heavy atom. The molecule has 1 aliphatic rings. The topological polar surface area (TPSA) is 41.5 Å². The van der Waals surface area contributed by atoms with Crippen LogP contribution in [0.2, 0.25) is 0 Å². The molecule has 3 rings (SSSR count). The minimum atomic E-state index is -0.270. The summed E-state index contributed by atoms with van der Waals surface area (Å²) < 4.78 is 19.2. The van der Waals surface area contributed by atoms with Crippen molar-refractivity contribution in [3.8, 4) is 11.5 Å². The highest BCUT2D eigenvalue weighted by Gasteiger charge is 2.26. The van der Waals surface area contributed by atoms with E-state index < -0.39 is 0 Å². The molecule has 0 unspecified atom stereocenters. The molecular formula is C18H20FNO2. The number of hydrogen-bond acceptors (Lipinski definition) is 3. The fourth-order valence-electron chi connectivity index (χ4n) is 3.19. The van der Waals surface area contributed by atoms with E-state index in [1.165, 1.54) is 13.2 Å². The maximum absolute atomic E-state index is 14.2. The van der Waals surface area contributed by atoms with Crippen LogP contribution in [0.1, 0.15) is 42.1 Å². The molecule has 0 amide bonds. The Bertz CT molecular complexity index is 687. The molecule has 1 aliphatic carbocycles. The molecule has 0 bridgehead atoms. The van der Waals surface area contributed by atoms with Crippen molar-refractivity contribution in [3.63, 3.8) is 0 Å². The van der Waals surface area contributed by atoms with Crippen molar-refractivity contribution >= 4 is 0 Å². The molecule has 0 saturated carbocycles. The molecule has 2 aromatic rings. The Kier molecular flexibility index (Phi) is 4.03. The lowest BCUT2D eigenvalue weighted by molar-refractivity contribution is 0.407. The first kappa shape index (κ1) is 14.9. The third-order valence-electron chi connectivity index (χ3n) is 4.37. The summed E-state index contributed by atoms with van der Waals surface area (Å²) >= 11 is 0. The monoisotopic (exact) mass is 301 g/mol. The van der Waals surface area contributed by atoms with Gasteiger partial charge in [0.05, 0.1) is 7.11 Å². The molecule has 2 aromatic carbocycles. The van der Waals surface area contributed by atoms with Crippen LogP contribution in [-0.2, 0) is 6.42 Å². The summed E-state index contributed by atoms with van der Waals surface area (Å²) in [4.78, 5) is 0. The van der Waals surface area contributed by atoms with Gasteiger partial charge in [-0.1, -0.05) is 18.2 Å². The second kappa shape index (κ2) is 5.97. The number of ether oxygens (including phenoxy) is 1. The van der Waals surface area contributed by atoms with Crippen LogP contribution >= 0.6 is 0 Å². The molecule has 0 fully saturated rings. The number of phenolic OH excluding ortho intramolecular Hbond substituents is 1. The maximum Gasteiger partial charge on any atom is 0.131 e. The van der Waals surface area contributed by atoms with E-state index in [9.17, 15) is 9.50 Å². The summed E-state index contributed by atoms with van der Waals surface area (Å²) in [6.45, 7) is 1.95. The van der Waals surface area contributed by atoms with Gasteiger partial charge in [0.15, 0.2) is 0 Å². The van der Waals surface area contributed by atoms with E-state index in [1.807, 2.05) is 19.1 Å². The van der Waals surface area contributed by atoms with Crippen molar-refractivity contribution < 1.29 is 14.2 Å². The highest BCUT2D eigenvalue weighted by Crippen LogP contribution is 2.37. The molecule has 2 atom stereocenters. The summed E-state index contributed by atoms with van der Waals surface area (Å²) in [6.07, 6.45) is 1.76. The minimum Gasteiger partial charge on any atom is -0.508 e. The van der Waals surface area contributed by atoms with E-state index in [2.05, 4.69) is 5.32 Å². The van der Waals surface area contributed by atoms with Gasteiger partial charge in [-0.05, 0) is 43.0 Å². The molecule has 0 spiro atoms. The van der Waals surface area contributed by atoms with Gasteiger partial charge in [0.25, 0.3) is 0 Å². The lowest BCUT2D eigenvalue weighted by Gasteiger charge is -2.21. The number of benzene rings is 2. The van der Waals surface area contributed by atoms with E-state index in [4.69, 9.17) is 4.74 Å². The standard InChI is InChI=1S/C18H20FNO2/c1-11(13-7-6-12(22-2)10-16(13)19)20-17-9-8-15-14(17)4-3-5-18(15)21/h3-7,10-11,17,20-21H,8-9H2,1-2H3/t11-,17+/m0/s1. The van der Waals surface area contributed by atoms with Gasteiger partial charge in [-0.3, -0.25) is 0 Å². The molecule has 0 heterocycles. The van der Waals surface area contributed by atoms with E-state index in [1.54, 1.807) is 18.2 Å². The Morgan fingerprint density at radius 1 is 1.32 bits per heavy atom. The predicted octanol–water partition coefficient (Wildman–Crippen LogP) is 3.88. The van der Waals surface area contributed by atoms with Crippen LogP contribution in [0.5, 0.6) is 11.5 Å². The van der Waals surface area contributed by atoms with Crippen LogP contribution < -0.4 is 10.1 Å². The van der Waals surface area contributed by atoms with Gasteiger partial charge in [-0.2, -0.15) is 0 Å². The second-order valence-electron chi connectivity index (χ2n) is 5.71. The summed E-state index contributed by atoms with van der Waals surface area (Å²) in [6, 6.07) is 10.5. The lowest BCUT2D eigenvalue weighted by atomic mass is 10.0. The quantitative estimate of drug-likeness (QED) is 0.900. The third kappa shape index (κ3) is 2.66. The number of phenols is 1. The zero-order chi connectivity index (χ0) is 15.7. The average Bonchev–Trinajstić information content (AvgIpc) is 2.91. The van der Waals surface area contributed by atoms with Gasteiger partial charge in [0, 0.05) is 23.7 Å². The third-order valence-corrected chi connectivity index (χ3v) is 4.37. The molecule has 0 radical (unpaired) electrons. The van der Waals surface area contributed by atoms with E-state index in [0.29, 0.717) is 17.1 Å². The Morgan fingerprint density at radius 2 is 2.14 bits per heavy atom. The zero-order valence-electron chi connectivity index (χ0n) is 12.8. The van der Waals surface area contributed by atoms with Gasteiger partial charge in [0.2, 0.25) is 0 Å². The Balaban J connectivity index is 1.79. The van der Waals surface area contributed by atoms with Crippen molar-refractivity contribution in [3.05, 3.63) is 58.9 Å². The summed E-state index contributed by atoms with van der Waals surface area (Å²) in [5.41, 5.74) is 2.73. The highest BCUT2D eigenvalue weighted by atomic mass is 19.1. The number of hydrogen-bond donors (Lipinski definition) is 2. The number of nitrogens with one attached hydrogen (secondary N) is 1. The summed E-state index contributed by atoms with van der Waals surface area (Å²) in [7, 11) is 1.53. The Hall–Kier alpha value is -2.07. The first-order valence-electron chi connectivity index (χ1n) is 7.50. The van der Waals surface area contributed by atoms with Crippen LogP contribution in [0.3, 0.4) is 0 Å². The lowest BCUT2D eigenvalue weighted by Crippen LogP contribution is -2.23. The number of rotatable bonds is 4. The van der Waals surface area contributed by atoms with Gasteiger partial charge in [0.1, 0.15) is 17.3 Å². The molecule has 3 nitrogen and oxygen atoms in total. The molecule has 0 aromatic heterocycles. The fraction of sp³-hybridized carbons (Fsp3) is 0.333. The molecule has 4 heteroatoms. The number of methoxy groups -OCH3 is 1. The molecule has 22 heavy (non-hydrogen) atoms. The second-order valence-corrected chi connectivity index (χ2v) is 5.71. The van der Waals surface area contributed by atoms with Crippen LogP contribution in [0.4, 0.5) is 4.39 Å². The van der Waals surface area contributed by atoms with Crippen molar-refractivity contribution in [2.45, 2.75) is 31.8 Å². The normalized spacial score (nSPS) is 18.0. The largest absolute Gasteiger partial charge is 0.508 e. The molecular weight excluding hydrogens is 281 g/mol. The van der Waals surface area contributed by atoms with E-state index >= 15 is 0 Å². The zero-order valence-corrected chi connectivity index (χ0v) is 12.8. The minimum absolute atomic E-state index is 0.121. The molecule has 2 N–H and O–H groups in total. The maximum atomic E-state index is 14.2. The average molecular weight is 301 g/mol. The van der Waals surface area contributed by atoms with Crippen molar-refractivity contribution in [2.24, 2.45) is 0 Å². The smallest absolute Gasteiger partial charge is 0.131 e. The SMILES string of the molecule is COc1ccc([C@H](C)N[C@@H]2CCc3c(O)cccc32)c(F)c1. The van der Waals surface area contributed by atoms with Crippen LogP contribution in [-0.4, -0.2) is 12.2 Å². The highest BCUT2D eigenvalue weighted by molar-refractivity contribution is 5.44. The van der Waals surface area contributed by atoms with E-state index in [0.717, 1.165) is 24.0 Å².